The Morgan fingerprint density at radius 3 is 2.02 bits per heavy atom. The van der Waals surface area contributed by atoms with Crippen LogP contribution in [-0.2, 0) is 0 Å². The number of alkyl halides is 6. The fourth-order valence-corrected chi connectivity index (χ4v) is 8.11. The molecule has 42 heavy (non-hydrogen) atoms. The number of aliphatic hydroxyl groups is 4. The Bertz CT molecular complexity index is 997. The predicted molar refractivity (Wildman–Crippen MR) is 149 cm³/mol. The number of fused-ring (bicyclic) bond motifs is 1. The molecule has 3 aliphatic carbocycles. The molecule has 6 atom stereocenters. The van der Waals surface area contributed by atoms with Gasteiger partial charge in [-0.3, -0.25) is 0 Å². The second-order valence-corrected chi connectivity index (χ2v) is 14.2. The third kappa shape index (κ3) is 7.83. The summed E-state index contributed by atoms with van der Waals surface area (Å²) in [6, 6.07) is 0. The quantitative estimate of drug-likeness (QED) is 0.159. The Morgan fingerprint density at radius 2 is 1.48 bits per heavy atom. The Morgan fingerprint density at radius 1 is 0.881 bits per heavy atom. The molecule has 4 N–H and O–H groups in total. The van der Waals surface area contributed by atoms with E-state index in [1.807, 2.05) is 13.0 Å². The lowest BCUT2D eigenvalue weighted by Crippen LogP contribution is -2.55. The molecule has 0 aromatic carbocycles. The molecule has 3 rings (SSSR count). The average molecular weight is 611 g/mol. The lowest BCUT2D eigenvalue weighted by Gasteiger charge is -2.49. The molecule has 0 aliphatic heterocycles. The third-order valence-corrected chi connectivity index (χ3v) is 10.2. The minimum Gasteiger partial charge on any atom is -0.393 e. The van der Waals surface area contributed by atoms with Crippen LogP contribution in [0.1, 0.15) is 105 Å². The number of rotatable bonds is 9. The minimum absolute atomic E-state index is 0.000925. The lowest BCUT2D eigenvalue weighted by atomic mass is 9.55. The van der Waals surface area contributed by atoms with E-state index in [9.17, 15) is 46.8 Å². The Kier molecular flexibility index (Phi) is 10.5. The molecule has 0 amide bonds. The van der Waals surface area contributed by atoms with Gasteiger partial charge in [0.25, 0.3) is 5.60 Å². The van der Waals surface area contributed by atoms with Gasteiger partial charge in [0.2, 0.25) is 0 Å². The van der Waals surface area contributed by atoms with E-state index < -0.39 is 41.2 Å². The number of allylic oxidation sites excluding steroid dienone is 4. The van der Waals surface area contributed by atoms with Crippen LogP contribution in [0.5, 0.6) is 0 Å². The molecular formula is C32H48F6O4. The van der Waals surface area contributed by atoms with Crippen LogP contribution in [0, 0.1) is 22.7 Å². The second-order valence-electron chi connectivity index (χ2n) is 14.2. The van der Waals surface area contributed by atoms with Crippen molar-refractivity contribution >= 4 is 0 Å². The van der Waals surface area contributed by atoms with E-state index in [0.29, 0.717) is 38.5 Å². The molecule has 1 unspecified atom stereocenters. The molecule has 0 saturated heterocycles. The van der Waals surface area contributed by atoms with Gasteiger partial charge in [-0.1, -0.05) is 49.6 Å². The standard InChI is InChI=1S/C32H48F6O4/c1-27(2,41)13-6-14-28(3,15-7-17-30(42,31(33,34)35)32(36,37)38)26-12-11-25-22(8-5-16-29(25,26)4)10-9-21-18-23(39)20-24(40)19-21/h7,9-10,17,23-26,39-42H,5-6,8,11-16,18-20H2,1-4H3/b17-7+,22-10+/t23-,24-,25?,26-,28+,29+/m1/s1. The van der Waals surface area contributed by atoms with Crippen molar-refractivity contribution in [1.29, 1.82) is 0 Å². The molecule has 0 aromatic rings. The summed E-state index contributed by atoms with van der Waals surface area (Å²) in [5.41, 5.74) is -4.53. The molecule has 0 spiro atoms. The summed E-state index contributed by atoms with van der Waals surface area (Å²) in [5, 5.41) is 40.1. The number of hydrogen-bond donors (Lipinski definition) is 4. The largest absolute Gasteiger partial charge is 0.429 e. The molecule has 0 radical (unpaired) electrons. The highest BCUT2D eigenvalue weighted by molar-refractivity contribution is 5.27. The summed E-state index contributed by atoms with van der Waals surface area (Å²) < 4.78 is 80.1. The van der Waals surface area contributed by atoms with Crippen LogP contribution in [0.15, 0.2) is 35.5 Å². The topological polar surface area (TPSA) is 80.9 Å². The van der Waals surface area contributed by atoms with Crippen LogP contribution < -0.4 is 0 Å². The van der Waals surface area contributed by atoms with Crippen molar-refractivity contribution in [1.82, 2.24) is 0 Å². The average Bonchev–Trinajstić information content (AvgIpc) is 3.18. The predicted octanol–water partition coefficient (Wildman–Crippen LogP) is 7.71. The Balaban J connectivity index is 1.91. The van der Waals surface area contributed by atoms with E-state index in [4.69, 9.17) is 0 Å². The molecule has 3 fully saturated rings. The molecule has 0 aromatic heterocycles. The van der Waals surface area contributed by atoms with Gasteiger partial charge in [-0.2, -0.15) is 26.3 Å². The molecule has 3 saturated carbocycles. The summed E-state index contributed by atoms with van der Waals surface area (Å²) in [5.74, 6) is 0.201. The first-order chi connectivity index (χ1) is 19.1. The number of halogens is 6. The van der Waals surface area contributed by atoms with E-state index in [0.717, 1.165) is 43.8 Å². The summed E-state index contributed by atoms with van der Waals surface area (Å²) in [6.07, 6.45) is -1.06. The van der Waals surface area contributed by atoms with E-state index in [2.05, 4.69) is 13.0 Å². The van der Waals surface area contributed by atoms with Gasteiger partial charge in [-0.05, 0) is 113 Å². The van der Waals surface area contributed by atoms with Crippen LogP contribution in [0.2, 0.25) is 0 Å². The van der Waals surface area contributed by atoms with Gasteiger partial charge >= 0.3 is 12.4 Å². The van der Waals surface area contributed by atoms with Crippen molar-refractivity contribution in [2.45, 2.75) is 141 Å². The zero-order valence-corrected chi connectivity index (χ0v) is 25.2. The van der Waals surface area contributed by atoms with Gasteiger partial charge < -0.3 is 20.4 Å². The Hall–Kier alpha value is -1.36. The van der Waals surface area contributed by atoms with Gasteiger partial charge in [0.1, 0.15) is 0 Å². The fraction of sp³-hybridized carbons (Fsp3) is 0.812. The van der Waals surface area contributed by atoms with E-state index >= 15 is 0 Å². The van der Waals surface area contributed by atoms with E-state index in [1.54, 1.807) is 13.8 Å². The van der Waals surface area contributed by atoms with Crippen molar-refractivity contribution in [2.24, 2.45) is 22.7 Å². The smallest absolute Gasteiger partial charge is 0.393 e. The maximum Gasteiger partial charge on any atom is 0.429 e. The van der Waals surface area contributed by atoms with Gasteiger partial charge in [0.15, 0.2) is 0 Å². The summed E-state index contributed by atoms with van der Waals surface area (Å²) in [7, 11) is 0. The third-order valence-electron chi connectivity index (χ3n) is 10.2. The van der Waals surface area contributed by atoms with Crippen LogP contribution in [0.25, 0.3) is 0 Å². The van der Waals surface area contributed by atoms with Crippen molar-refractivity contribution < 1.29 is 46.8 Å². The van der Waals surface area contributed by atoms with Crippen molar-refractivity contribution in [3.8, 4) is 0 Å². The number of aliphatic hydroxyl groups excluding tert-OH is 2. The van der Waals surface area contributed by atoms with Gasteiger partial charge in [0.05, 0.1) is 17.8 Å². The minimum atomic E-state index is -5.91. The Labute approximate surface area is 245 Å². The summed E-state index contributed by atoms with van der Waals surface area (Å²) >= 11 is 0. The van der Waals surface area contributed by atoms with Crippen LogP contribution in [-0.4, -0.2) is 56.2 Å². The van der Waals surface area contributed by atoms with Gasteiger partial charge in [-0.15, -0.1) is 0 Å². The first-order valence-electron chi connectivity index (χ1n) is 15.1. The first-order valence-corrected chi connectivity index (χ1v) is 15.1. The molecule has 4 nitrogen and oxygen atoms in total. The molecule has 3 aliphatic rings. The van der Waals surface area contributed by atoms with Crippen LogP contribution in [0.3, 0.4) is 0 Å². The first kappa shape index (κ1) is 35.1. The molecular weight excluding hydrogens is 562 g/mol. The highest BCUT2D eigenvalue weighted by Gasteiger charge is 2.69. The van der Waals surface area contributed by atoms with Crippen LogP contribution >= 0.6 is 0 Å². The van der Waals surface area contributed by atoms with Crippen molar-refractivity contribution in [3.63, 3.8) is 0 Å². The molecule has 10 heteroatoms. The van der Waals surface area contributed by atoms with Crippen LogP contribution in [0.4, 0.5) is 26.3 Å². The fourth-order valence-electron chi connectivity index (χ4n) is 8.11. The van der Waals surface area contributed by atoms with Crippen molar-refractivity contribution in [3.05, 3.63) is 35.5 Å². The SMILES string of the molecule is CC(C)(O)CCC[C@@](C)(C/C=C/C(O)(C(F)(F)F)C(F)(F)F)[C@H]1CCC2/C(=C/C=C3C[C@@H](O)C[C@H](O)C3)CCC[C@@]21C. The highest BCUT2D eigenvalue weighted by atomic mass is 19.4. The zero-order valence-electron chi connectivity index (χ0n) is 25.2. The second kappa shape index (κ2) is 12.6. The maximum atomic E-state index is 13.3. The molecule has 0 heterocycles. The van der Waals surface area contributed by atoms with E-state index in [-0.39, 0.29) is 29.7 Å². The highest BCUT2D eigenvalue weighted by Crippen LogP contribution is 2.64. The van der Waals surface area contributed by atoms with E-state index in [1.165, 1.54) is 5.57 Å². The zero-order chi connectivity index (χ0) is 31.8. The lowest BCUT2D eigenvalue weighted by molar-refractivity contribution is -0.347. The van der Waals surface area contributed by atoms with Crippen molar-refractivity contribution in [2.75, 3.05) is 0 Å². The molecule has 242 valence electrons. The summed E-state index contributed by atoms with van der Waals surface area (Å²) in [4.78, 5) is 0. The number of hydrogen-bond acceptors (Lipinski definition) is 4. The normalized spacial score (nSPS) is 32.3. The maximum absolute atomic E-state index is 13.3. The van der Waals surface area contributed by atoms with Gasteiger partial charge in [0, 0.05) is 0 Å². The summed E-state index contributed by atoms with van der Waals surface area (Å²) in [6.45, 7) is 7.44. The molecule has 0 bridgehead atoms. The monoisotopic (exact) mass is 610 g/mol. The van der Waals surface area contributed by atoms with Gasteiger partial charge in [-0.25, -0.2) is 0 Å².